The summed E-state index contributed by atoms with van der Waals surface area (Å²) in [5.74, 6) is 0.611. The van der Waals surface area contributed by atoms with E-state index in [1.807, 2.05) is 169 Å². The smallest absolute Gasteiger partial charge is 0.275 e. The van der Waals surface area contributed by atoms with Gasteiger partial charge >= 0.3 is 0 Å². The van der Waals surface area contributed by atoms with Crippen LogP contribution < -0.4 is 36.9 Å². The summed E-state index contributed by atoms with van der Waals surface area (Å²) < 4.78 is 17.5. The Morgan fingerprint density at radius 1 is 0.388 bits per heavy atom. The van der Waals surface area contributed by atoms with Crippen LogP contribution in [0.1, 0.15) is 76.6 Å². The number of rotatable bonds is 12. The predicted molar refractivity (Wildman–Crippen MR) is 480 cm³/mol. The Morgan fingerprint density at radius 3 is 1.24 bits per heavy atom. The van der Waals surface area contributed by atoms with Crippen molar-refractivity contribution in [1.29, 1.82) is 0 Å². The molecule has 20 rings (SSSR count). The van der Waals surface area contributed by atoms with Gasteiger partial charge in [-0.3, -0.25) is 47.1 Å². The number of pyridine rings is 6. The van der Waals surface area contributed by atoms with Gasteiger partial charge in [0.25, 0.3) is 22.2 Å². The zero-order chi connectivity index (χ0) is 84.2. The molecule has 0 spiro atoms. The molecule has 2 atom stereocenters. The molecule has 0 bridgehead atoms. The van der Waals surface area contributed by atoms with Gasteiger partial charge in [0.15, 0.2) is 34.1 Å². The van der Waals surface area contributed by atoms with Gasteiger partial charge in [0.05, 0.1) is 77.7 Å². The highest BCUT2D eigenvalue weighted by Crippen LogP contribution is 2.32. The molecule has 0 saturated carbocycles. The van der Waals surface area contributed by atoms with Crippen LogP contribution in [0.15, 0.2) is 195 Å². The van der Waals surface area contributed by atoms with Gasteiger partial charge in [-0.1, -0.05) is 74.6 Å². The fourth-order valence-electron chi connectivity index (χ4n) is 16.7. The molecule has 121 heavy (non-hydrogen) atoms. The maximum atomic E-state index is 13.0. The Balaban J connectivity index is 0.000000115. The van der Waals surface area contributed by atoms with Crippen molar-refractivity contribution in [3.63, 3.8) is 0 Å². The molecule has 0 N–H and O–H groups in total. The minimum atomic E-state index is -0.202. The summed E-state index contributed by atoms with van der Waals surface area (Å²) in [5.41, 5.74) is 18.7. The molecule has 0 amide bonds. The first-order valence-corrected chi connectivity index (χ1v) is 42.3. The van der Waals surface area contributed by atoms with Gasteiger partial charge in [0.1, 0.15) is 22.5 Å². The monoisotopic (exact) mass is 1680 g/mol. The lowest BCUT2D eigenvalue weighted by Crippen LogP contribution is -2.51. The lowest BCUT2D eigenvalue weighted by molar-refractivity contribution is 0.199. The Hall–Kier alpha value is -12.0. The summed E-state index contributed by atoms with van der Waals surface area (Å²) in [4.78, 5) is 105. The Morgan fingerprint density at radius 2 is 0.810 bits per heavy atom. The summed E-state index contributed by atoms with van der Waals surface area (Å²) in [6.07, 6.45) is 20.3. The summed E-state index contributed by atoms with van der Waals surface area (Å²) >= 11 is 19.2. The number of halogens is 3. The van der Waals surface area contributed by atoms with Crippen LogP contribution in [0.5, 0.6) is 0 Å². The lowest BCUT2D eigenvalue weighted by atomic mass is 10.0. The molecule has 620 valence electrons. The molecular formula is C90H94Cl3N23O5. The van der Waals surface area contributed by atoms with Crippen LogP contribution in [0.25, 0.3) is 101 Å². The number of nitrogens with zero attached hydrogens (tertiary/aromatic N) is 23. The molecular weight excluding hydrogens is 1590 g/mol. The quantitative estimate of drug-likeness (QED) is 0.110. The van der Waals surface area contributed by atoms with Crippen LogP contribution in [0, 0.1) is 27.7 Å². The number of oxazole rings is 1. The number of anilines is 3. The van der Waals surface area contributed by atoms with Gasteiger partial charge in [-0.15, -0.1) is 0 Å². The van der Waals surface area contributed by atoms with Crippen molar-refractivity contribution in [3.05, 3.63) is 256 Å². The van der Waals surface area contributed by atoms with Gasteiger partial charge < -0.3 is 37.2 Å². The molecule has 0 radical (unpaired) electrons. The number of aromatic nitrogens is 16. The largest absolute Gasteiger partial charge is 0.441 e. The van der Waals surface area contributed by atoms with Gasteiger partial charge in [0, 0.05) is 200 Å². The summed E-state index contributed by atoms with van der Waals surface area (Å²) in [6, 6.07) is 33.9. The number of benzene rings is 1. The van der Waals surface area contributed by atoms with Crippen molar-refractivity contribution in [3.8, 4) is 45.0 Å². The third kappa shape index (κ3) is 17.0. The molecule has 4 aliphatic rings. The highest BCUT2D eigenvalue weighted by Gasteiger charge is 2.27. The van der Waals surface area contributed by atoms with Gasteiger partial charge in [-0.05, 0) is 152 Å². The fourth-order valence-corrected chi connectivity index (χ4v) is 17.5. The average Bonchev–Trinajstić information content (AvgIpc) is 1.74. The number of likely N-dealkylation sites (N-methyl/N-ethyl adjacent to an activating group) is 4. The Bertz CT molecular complexity index is 6750. The molecule has 3 saturated heterocycles. The minimum Gasteiger partial charge on any atom is -0.441 e. The number of hydrogen-bond acceptors (Lipinski definition) is 21. The molecule has 31 heteroatoms. The van der Waals surface area contributed by atoms with Crippen LogP contribution in [0.2, 0.25) is 15.1 Å². The lowest BCUT2D eigenvalue weighted by Gasteiger charge is -2.40. The Labute approximate surface area is 712 Å². The number of fused-ring (bicyclic) bond motifs is 8. The van der Waals surface area contributed by atoms with Crippen molar-refractivity contribution < 1.29 is 4.42 Å². The molecule has 16 aromatic rings. The third-order valence-corrected chi connectivity index (χ3v) is 24.2. The van der Waals surface area contributed by atoms with E-state index in [4.69, 9.17) is 54.2 Å². The van der Waals surface area contributed by atoms with E-state index >= 15 is 0 Å². The first kappa shape index (κ1) is 81.3. The average molecular weight is 1680 g/mol. The van der Waals surface area contributed by atoms with E-state index in [1.165, 1.54) is 16.2 Å². The molecule has 1 aromatic carbocycles. The zero-order valence-electron chi connectivity index (χ0n) is 69.3. The predicted octanol–water partition coefficient (Wildman–Crippen LogP) is 13.4. The molecule has 3 fully saturated rings. The maximum Gasteiger partial charge on any atom is 0.275 e. The van der Waals surface area contributed by atoms with E-state index in [9.17, 15) is 19.2 Å². The highest BCUT2D eigenvalue weighted by molar-refractivity contribution is 6.34. The van der Waals surface area contributed by atoms with E-state index in [-0.39, 0.29) is 22.2 Å². The minimum absolute atomic E-state index is 0.109. The van der Waals surface area contributed by atoms with E-state index in [1.54, 1.807) is 31.4 Å². The van der Waals surface area contributed by atoms with Crippen LogP contribution in [0.3, 0.4) is 0 Å². The molecule has 4 aliphatic heterocycles. The third-order valence-electron chi connectivity index (χ3n) is 23.3. The van der Waals surface area contributed by atoms with Crippen molar-refractivity contribution >= 4 is 108 Å². The van der Waals surface area contributed by atoms with Crippen LogP contribution >= 0.6 is 34.8 Å². The second-order valence-corrected chi connectivity index (χ2v) is 32.6. The number of imidazole rings is 3. The number of hydrogen-bond donors (Lipinski definition) is 0. The SMILES string of the molecule is CCN1CC=C(c2ccc3nc(-c4ccc5nc(C)oc5c4)cc(=O)n3n2)CC1.CCN1CCN(c2ccc3nc(-c4cc(Cl)c5nc(C)cn5c4)cc(=O)n3c2)CC1.CCN1CCN(c2ccc3nc(-c4cc(Cl)c5nc(C)cn5c4)cc(=O)n3c2)C[C@@H]1C.CCN1CCN(c2ccc3nc(-c4cc(Cl)c5nc(C)cn5c4)cc(=O)n3c2)C[C@H]1C. The highest BCUT2D eigenvalue weighted by atomic mass is 35.5. The molecule has 0 aliphatic carbocycles. The Kier molecular flexibility index (Phi) is 23.0. The molecule has 28 nitrogen and oxygen atoms in total. The van der Waals surface area contributed by atoms with Crippen molar-refractivity contribution in [2.75, 3.05) is 119 Å². The molecule has 19 heterocycles. The first-order chi connectivity index (χ1) is 58.5. The van der Waals surface area contributed by atoms with Crippen LogP contribution in [-0.4, -0.2) is 212 Å². The van der Waals surface area contributed by atoms with Gasteiger partial charge in [0.2, 0.25) is 0 Å². The van der Waals surface area contributed by atoms with Gasteiger partial charge in [-0.2, -0.15) is 9.61 Å². The summed E-state index contributed by atoms with van der Waals surface area (Å²) in [7, 11) is 0. The standard InChI is InChI=1S/2C23H25ClN6O.C22H23ClN6O.C22H21N5O2/c2*1-4-27-7-8-28(12-16(27)3)18-5-6-21-26-20(10-22(31)30(21)14-18)17-9-19(24)23-25-15(2)11-29(23)13-17;1-3-26-6-8-27(9-7-26)17-4-5-20-25-19(11-21(30)29(20)14-17)16-10-18(23)22-24-15(2)12-28(22)13-16;1-3-26-10-8-15(9-11-26)17-6-7-21-24-19(13-22(28)27(21)25-17)16-4-5-18-20(12-16)29-14(2)23-18/h2*5-6,9-11,13-14,16H,4,7-8,12H2,1-3H3;4-5,10-14H,3,6-9H2,1-2H3;4-8,12-13H,3,9-11H2,1-2H3/t2*16-;;/m10../s1. The zero-order valence-corrected chi connectivity index (χ0v) is 71.6. The summed E-state index contributed by atoms with van der Waals surface area (Å²) in [6.45, 7) is 36.8. The van der Waals surface area contributed by atoms with Crippen molar-refractivity contribution in [2.24, 2.45) is 0 Å². The number of piperazine rings is 3. The van der Waals surface area contributed by atoms with Crippen LogP contribution in [-0.2, 0) is 0 Å². The summed E-state index contributed by atoms with van der Waals surface area (Å²) in [5, 5.41) is 6.16. The first-order valence-electron chi connectivity index (χ1n) is 41.2. The number of aryl methyl sites for hydroxylation is 4. The van der Waals surface area contributed by atoms with E-state index in [0.717, 1.165) is 179 Å². The molecule has 15 aromatic heterocycles. The molecule has 0 unspecified atom stereocenters. The van der Waals surface area contributed by atoms with Crippen molar-refractivity contribution in [1.82, 2.24) is 95.5 Å². The second-order valence-electron chi connectivity index (χ2n) is 31.4. The maximum absolute atomic E-state index is 13.0. The fraction of sp³-hybridized carbons (Fsp3) is 0.322. The topological polar surface area (TPSA) is 251 Å². The van der Waals surface area contributed by atoms with Crippen LogP contribution in [0.4, 0.5) is 17.1 Å². The normalized spacial score (nSPS) is 16.5. The van der Waals surface area contributed by atoms with E-state index < -0.39 is 0 Å². The van der Waals surface area contributed by atoms with E-state index in [0.29, 0.717) is 101 Å². The van der Waals surface area contributed by atoms with Gasteiger partial charge in [-0.25, -0.2) is 39.9 Å². The van der Waals surface area contributed by atoms with Crippen molar-refractivity contribution in [2.45, 2.75) is 87.7 Å². The van der Waals surface area contributed by atoms with E-state index in [2.05, 4.69) is 124 Å². The second kappa shape index (κ2) is 34.2.